The summed E-state index contributed by atoms with van der Waals surface area (Å²) in [6.07, 6.45) is 1.62. The Morgan fingerprint density at radius 3 is 2.62 bits per heavy atom. The molecule has 0 bridgehead atoms. The van der Waals surface area contributed by atoms with Crippen LogP contribution >= 0.6 is 0 Å². The molecule has 0 aliphatic rings. The summed E-state index contributed by atoms with van der Waals surface area (Å²) in [4.78, 5) is 26.8. The molecule has 1 amide bonds. The monoisotopic (exact) mass is 325 g/mol. The summed E-state index contributed by atoms with van der Waals surface area (Å²) in [6.45, 7) is 1.63. The quantitative estimate of drug-likeness (QED) is 0.752. The molecule has 7 heteroatoms. The molecule has 3 aromatic rings. The van der Waals surface area contributed by atoms with Crippen molar-refractivity contribution < 1.29 is 19.4 Å². The number of carboxylic acid groups (broad SMARTS) is 1. The maximum absolute atomic E-state index is 11.4. The second kappa shape index (κ2) is 6.41. The lowest BCUT2D eigenvalue weighted by molar-refractivity contribution is -0.114. The van der Waals surface area contributed by atoms with Gasteiger partial charge in [0.15, 0.2) is 22.9 Å². The van der Waals surface area contributed by atoms with E-state index in [4.69, 9.17) is 4.74 Å². The van der Waals surface area contributed by atoms with Gasteiger partial charge in [-0.15, -0.1) is 0 Å². The minimum Gasteiger partial charge on any atom is -0.485 e. The number of nitrogens with zero attached hydrogens (tertiary/aromatic N) is 2. The third kappa shape index (κ3) is 3.05. The largest absolute Gasteiger partial charge is 0.485 e. The van der Waals surface area contributed by atoms with E-state index in [9.17, 15) is 14.7 Å². The zero-order valence-corrected chi connectivity index (χ0v) is 12.9. The Morgan fingerprint density at radius 2 is 1.96 bits per heavy atom. The average molecular weight is 325 g/mol. The zero-order valence-electron chi connectivity index (χ0n) is 12.9. The smallest absolute Gasteiger partial charge is 0.358 e. The number of carbonyl (C=O) groups excluding carboxylic acids is 1. The third-order valence-electron chi connectivity index (χ3n) is 3.35. The molecule has 2 N–H and O–H groups in total. The lowest BCUT2D eigenvalue weighted by atomic mass is 10.2. The lowest BCUT2D eigenvalue weighted by Crippen LogP contribution is -2.12. The molecule has 0 fully saturated rings. The number of hydrogen-bond donors (Lipinski definition) is 2. The van der Waals surface area contributed by atoms with E-state index in [1.807, 2.05) is 30.3 Å². The molecule has 2 heterocycles. The number of rotatable bonds is 5. The zero-order chi connectivity index (χ0) is 17.1. The van der Waals surface area contributed by atoms with Crippen LogP contribution in [-0.4, -0.2) is 26.4 Å². The fraction of sp³-hybridized carbons (Fsp3) is 0.118. The number of ether oxygens (including phenoxy) is 1. The van der Waals surface area contributed by atoms with Crippen molar-refractivity contribution in [2.24, 2.45) is 0 Å². The molecule has 122 valence electrons. The lowest BCUT2D eigenvalue weighted by Gasteiger charge is -2.08. The number of nitrogens with one attached hydrogen (secondary N) is 1. The first-order valence-electron chi connectivity index (χ1n) is 7.25. The summed E-state index contributed by atoms with van der Waals surface area (Å²) in [6, 6.07) is 13.0. The Bertz CT molecular complexity index is 903. The molecular weight excluding hydrogens is 310 g/mol. The van der Waals surface area contributed by atoms with Crippen LogP contribution < -0.4 is 10.1 Å². The number of pyridine rings is 1. The number of carboxylic acids is 1. The molecule has 0 saturated heterocycles. The van der Waals surface area contributed by atoms with Crippen molar-refractivity contribution in [1.29, 1.82) is 0 Å². The highest BCUT2D eigenvalue weighted by Gasteiger charge is 2.21. The predicted molar refractivity (Wildman–Crippen MR) is 87.2 cm³/mol. The highest BCUT2D eigenvalue weighted by molar-refractivity contribution is 5.98. The first-order valence-corrected chi connectivity index (χ1v) is 7.25. The van der Waals surface area contributed by atoms with Gasteiger partial charge in [-0.3, -0.25) is 9.20 Å². The van der Waals surface area contributed by atoms with Gasteiger partial charge in [-0.1, -0.05) is 30.3 Å². The summed E-state index contributed by atoms with van der Waals surface area (Å²) < 4.78 is 7.26. The molecule has 0 unspecified atom stereocenters. The van der Waals surface area contributed by atoms with Gasteiger partial charge in [0.2, 0.25) is 5.91 Å². The van der Waals surface area contributed by atoms with Crippen LogP contribution in [0, 0.1) is 0 Å². The van der Waals surface area contributed by atoms with E-state index in [1.54, 1.807) is 18.3 Å². The van der Waals surface area contributed by atoms with E-state index < -0.39 is 5.97 Å². The van der Waals surface area contributed by atoms with Crippen molar-refractivity contribution in [3.05, 3.63) is 59.9 Å². The average Bonchev–Trinajstić information content (AvgIpc) is 2.93. The normalized spacial score (nSPS) is 10.5. The number of aromatic nitrogens is 2. The highest BCUT2D eigenvalue weighted by Crippen LogP contribution is 2.26. The van der Waals surface area contributed by atoms with E-state index in [0.29, 0.717) is 18.0 Å². The fourth-order valence-electron chi connectivity index (χ4n) is 2.33. The predicted octanol–water partition coefficient (Wildman–Crippen LogP) is 2.57. The molecule has 0 atom stereocenters. The molecule has 0 aliphatic heterocycles. The molecule has 3 rings (SSSR count). The van der Waals surface area contributed by atoms with E-state index in [2.05, 4.69) is 10.3 Å². The number of aromatic carboxylic acids is 1. The first-order chi connectivity index (χ1) is 11.6. The Kier molecular flexibility index (Phi) is 4.15. The van der Waals surface area contributed by atoms with Crippen LogP contribution in [0.25, 0.3) is 5.65 Å². The van der Waals surface area contributed by atoms with E-state index in [-0.39, 0.29) is 17.4 Å². The van der Waals surface area contributed by atoms with E-state index >= 15 is 0 Å². The Balaban J connectivity index is 2.00. The Morgan fingerprint density at radius 1 is 1.21 bits per heavy atom. The number of imidazole rings is 1. The van der Waals surface area contributed by atoms with Gasteiger partial charge in [0, 0.05) is 13.1 Å². The minimum atomic E-state index is -1.23. The van der Waals surface area contributed by atoms with Gasteiger partial charge in [-0.25, -0.2) is 9.78 Å². The number of carbonyl (C=O) groups is 2. The molecule has 0 spiro atoms. The van der Waals surface area contributed by atoms with Crippen LogP contribution in [0.3, 0.4) is 0 Å². The molecule has 0 radical (unpaired) electrons. The van der Waals surface area contributed by atoms with Gasteiger partial charge in [-0.05, 0) is 17.7 Å². The standard InChI is InChI=1S/C17H15N3O4/c1-11(21)18-16-14(17(22)23)19-15-13(8-5-9-20(15)16)24-10-12-6-3-2-4-7-12/h2-9H,10H2,1H3,(H,18,21)(H,22,23). The van der Waals surface area contributed by atoms with Crippen LogP contribution in [0.1, 0.15) is 23.0 Å². The number of anilines is 1. The van der Waals surface area contributed by atoms with Crippen molar-refractivity contribution in [2.45, 2.75) is 13.5 Å². The third-order valence-corrected chi connectivity index (χ3v) is 3.35. The summed E-state index contributed by atoms with van der Waals surface area (Å²) in [5.74, 6) is -1.07. The van der Waals surface area contributed by atoms with Crippen LogP contribution in [0.15, 0.2) is 48.7 Å². The summed E-state index contributed by atoms with van der Waals surface area (Å²) in [5.41, 5.74) is 1.07. The second-order valence-corrected chi connectivity index (χ2v) is 5.14. The van der Waals surface area contributed by atoms with Crippen LogP contribution in [0.2, 0.25) is 0 Å². The number of fused-ring (bicyclic) bond motifs is 1. The van der Waals surface area contributed by atoms with Gasteiger partial charge in [0.05, 0.1) is 0 Å². The van der Waals surface area contributed by atoms with Crippen LogP contribution in [0.5, 0.6) is 5.75 Å². The molecule has 1 aromatic carbocycles. The highest BCUT2D eigenvalue weighted by atomic mass is 16.5. The van der Waals surface area contributed by atoms with Gasteiger partial charge >= 0.3 is 5.97 Å². The Labute approximate surface area is 137 Å². The van der Waals surface area contributed by atoms with Crippen molar-refractivity contribution in [2.75, 3.05) is 5.32 Å². The van der Waals surface area contributed by atoms with Gasteiger partial charge in [-0.2, -0.15) is 0 Å². The van der Waals surface area contributed by atoms with E-state index in [1.165, 1.54) is 11.3 Å². The number of benzene rings is 1. The molecule has 2 aromatic heterocycles. The first kappa shape index (κ1) is 15.5. The van der Waals surface area contributed by atoms with Gasteiger partial charge < -0.3 is 15.2 Å². The van der Waals surface area contributed by atoms with Gasteiger partial charge in [0.1, 0.15) is 6.61 Å². The topological polar surface area (TPSA) is 92.9 Å². The van der Waals surface area contributed by atoms with Crippen molar-refractivity contribution in [3.8, 4) is 5.75 Å². The summed E-state index contributed by atoms with van der Waals surface area (Å²) in [5, 5.41) is 11.8. The van der Waals surface area contributed by atoms with Crippen LogP contribution in [-0.2, 0) is 11.4 Å². The minimum absolute atomic E-state index is 0.107. The molecule has 24 heavy (non-hydrogen) atoms. The van der Waals surface area contributed by atoms with E-state index in [0.717, 1.165) is 5.56 Å². The second-order valence-electron chi connectivity index (χ2n) is 5.14. The number of amides is 1. The molecular formula is C17H15N3O4. The molecule has 7 nitrogen and oxygen atoms in total. The fourth-order valence-corrected chi connectivity index (χ4v) is 2.33. The van der Waals surface area contributed by atoms with Crippen molar-refractivity contribution >= 4 is 23.3 Å². The SMILES string of the molecule is CC(=O)Nc1c(C(=O)O)nc2c(OCc3ccccc3)cccn12. The molecule has 0 aliphatic carbocycles. The van der Waals surface area contributed by atoms with Crippen LogP contribution in [0.4, 0.5) is 5.82 Å². The summed E-state index contributed by atoms with van der Waals surface area (Å²) in [7, 11) is 0. The van der Waals surface area contributed by atoms with Crippen molar-refractivity contribution in [1.82, 2.24) is 9.38 Å². The maximum atomic E-state index is 11.4. The Hall–Kier alpha value is -3.35. The summed E-state index contributed by atoms with van der Waals surface area (Å²) >= 11 is 0. The number of hydrogen-bond acceptors (Lipinski definition) is 4. The maximum Gasteiger partial charge on any atom is 0.358 e. The molecule has 0 saturated carbocycles. The van der Waals surface area contributed by atoms with Gasteiger partial charge in [0.25, 0.3) is 0 Å². The van der Waals surface area contributed by atoms with Crippen molar-refractivity contribution in [3.63, 3.8) is 0 Å².